The molecule has 0 atom stereocenters. The highest BCUT2D eigenvalue weighted by atomic mass is 35.5. The highest BCUT2D eigenvalue weighted by molar-refractivity contribution is 6.37. The highest BCUT2D eigenvalue weighted by Crippen LogP contribution is 2.37. The number of rotatable bonds is 3. The summed E-state index contributed by atoms with van der Waals surface area (Å²) in [5.41, 5.74) is 1.65. The minimum atomic E-state index is 0.391. The zero-order valence-corrected chi connectivity index (χ0v) is 12.4. The van der Waals surface area contributed by atoms with E-state index in [1.807, 2.05) is 0 Å². The van der Waals surface area contributed by atoms with Crippen molar-refractivity contribution < 1.29 is 4.74 Å². The maximum Gasteiger partial charge on any atom is 0.145 e. The average molecular weight is 308 g/mol. The van der Waals surface area contributed by atoms with Crippen molar-refractivity contribution >= 4 is 29.0 Å². The summed E-state index contributed by atoms with van der Waals surface area (Å²) < 4.78 is 5.30. The predicted octanol–water partition coefficient (Wildman–Crippen LogP) is 3.98. The zero-order chi connectivity index (χ0) is 14.7. The van der Waals surface area contributed by atoms with Gasteiger partial charge in [0.15, 0.2) is 0 Å². The number of nitrogens with one attached hydrogen (secondary N) is 1. The zero-order valence-electron chi connectivity index (χ0n) is 10.9. The molecule has 1 heterocycles. The monoisotopic (exact) mass is 307 g/mol. The van der Waals surface area contributed by atoms with Gasteiger partial charge < -0.3 is 10.1 Å². The van der Waals surface area contributed by atoms with E-state index in [4.69, 9.17) is 33.2 Å². The summed E-state index contributed by atoms with van der Waals surface area (Å²) in [4.78, 5) is 4.38. The summed E-state index contributed by atoms with van der Waals surface area (Å²) in [5, 5.41) is 12.7. The lowest BCUT2D eigenvalue weighted by molar-refractivity contribution is 0.416. The van der Waals surface area contributed by atoms with Gasteiger partial charge in [-0.05, 0) is 24.3 Å². The minimum Gasteiger partial charge on any atom is -0.496 e. The number of halogens is 2. The summed E-state index contributed by atoms with van der Waals surface area (Å²) in [5.74, 6) is 1.10. The lowest BCUT2D eigenvalue weighted by atomic mass is 10.1. The molecule has 1 N–H and O–H groups in total. The van der Waals surface area contributed by atoms with E-state index in [1.54, 1.807) is 38.4 Å². The molecule has 0 amide bonds. The first-order chi connectivity index (χ1) is 9.60. The Kier molecular flexibility index (Phi) is 4.33. The number of hydrogen-bond donors (Lipinski definition) is 1. The van der Waals surface area contributed by atoms with Gasteiger partial charge in [-0.15, -0.1) is 0 Å². The molecule has 2 aromatic rings. The van der Waals surface area contributed by atoms with Gasteiger partial charge in [-0.2, -0.15) is 5.26 Å². The third-order valence-electron chi connectivity index (χ3n) is 2.75. The van der Waals surface area contributed by atoms with Crippen LogP contribution in [0.2, 0.25) is 10.0 Å². The summed E-state index contributed by atoms with van der Waals surface area (Å²) in [7, 11) is 3.27. The van der Waals surface area contributed by atoms with Crippen molar-refractivity contribution in [2.24, 2.45) is 0 Å². The molecule has 102 valence electrons. The number of anilines is 1. The summed E-state index contributed by atoms with van der Waals surface area (Å²) >= 11 is 12.2. The standard InChI is InChI=1S/C14H11Cl2N3O/c1-18-14-11(16)6-10(15)13(19-14)9-5-8(7-17)3-4-12(9)20-2/h3-6H,1-2H3,(H,18,19). The predicted molar refractivity (Wildman–Crippen MR) is 80.5 cm³/mol. The topological polar surface area (TPSA) is 57.9 Å². The van der Waals surface area contributed by atoms with Crippen LogP contribution in [-0.4, -0.2) is 19.1 Å². The van der Waals surface area contributed by atoms with Crippen LogP contribution in [0.25, 0.3) is 11.3 Å². The van der Waals surface area contributed by atoms with Crippen LogP contribution in [-0.2, 0) is 0 Å². The Morgan fingerprint density at radius 2 is 2.00 bits per heavy atom. The Hall–Kier alpha value is -1.96. The molecule has 20 heavy (non-hydrogen) atoms. The van der Waals surface area contributed by atoms with Gasteiger partial charge in [-0.3, -0.25) is 0 Å². The second-order valence-corrected chi connectivity index (χ2v) is 4.74. The van der Waals surface area contributed by atoms with Crippen LogP contribution in [0.3, 0.4) is 0 Å². The van der Waals surface area contributed by atoms with E-state index in [9.17, 15) is 0 Å². The highest BCUT2D eigenvalue weighted by Gasteiger charge is 2.15. The Balaban J connectivity index is 2.70. The number of ether oxygens (including phenoxy) is 1. The number of aromatic nitrogens is 1. The number of nitriles is 1. The van der Waals surface area contributed by atoms with Crippen molar-refractivity contribution in [1.82, 2.24) is 4.98 Å². The van der Waals surface area contributed by atoms with Crippen LogP contribution in [0.4, 0.5) is 5.82 Å². The average Bonchev–Trinajstić information content (AvgIpc) is 2.47. The van der Waals surface area contributed by atoms with Crippen molar-refractivity contribution in [3.63, 3.8) is 0 Å². The molecule has 6 heteroatoms. The van der Waals surface area contributed by atoms with Crippen molar-refractivity contribution in [1.29, 1.82) is 5.26 Å². The first kappa shape index (κ1) is 14.4. The van der Waals surface area contributed by atoms with Crippen LogP contribution in [0.5, 0.6) is 5.75 Å². The molecule has 0 aliphatic carbocycles. The molecule has 1 aromatic heterocycles. The van der Waals surface area contributed by atoms with Gasteiger partial charge in [0.05, 0.1) is 34.5 Å². The molecule has 0 bridgehead atoms. The smallest absolute Gasteiger partial charge is 0.145 e. The Morgan fingerprint density at radius 1 is 1.25 bits per heavy atom. The number of pyridine rings is 1. The number of hydrogen-bond acceptors (Lipinski definition) is 4. The summed E-state index contributed by atoms with van der Waals surface area (Å²) in [6.45, 7) is 0. The molecular formula is C14H11Cl2N3O. The first-order valence-corrected chi connectivity index (χ1v) is 6.48. The van der Waals surface area contributed by atoms with E-state index < -0.39 is 0 Å². The Bertz CT molecular complexity index is 696. The molecule has 2 rings (SSSR count). The van der Waals surface area contributed by atoms with Crippen molar-refractivity contribution in [3.8, 4) is 23.1 Å². The molecule has 1 aromatic carbocycles. The molecule has 0 fully saturated rings. The van der Waals surface area contributed by atoms with Gasteiger partial charge in [0, 0.05) is 12.6 Å². The largest absolute Gasteiger partial charge is 0.496 e. The maximum absolute atomic E-state index is 9.01. The summed E-state index contributed by atoms with van der Waals surface area (Å²) in [6, 6.07) is 8.75. The van der Waals surface area contributed by atoms with E-state index in [1.165, 1.54) is 0 Å². The lowest BCUT2D eigenvalue weighted by Gasteiger charge is -2.12. The van der Waals surface area contributed by atoms with Crippen molar-refractivity contribution in [2.45, 2.75) is 0 Å². The van der Waals surface area contributed by atoms with Crippen LogP contribution in [0.15, 0.2) is 24.3 Å². The van der Waals surface area contributed by atoms with E-state index >= 15 is 0 Å². The molecule has 0 spiro atoms. The Labute approximate surface area is 126 Å². The fourth-order valence-corrected chi connectivity index (χ4v) is 2.35. The molecule has 0 saturated heterocycles. The van der Waals surface area contributed by atoms with Gasteiger partial charge in [-0.1, -0.05) is 23.2 Å². The van der Waals surface area contributed by atoms with Crippen molar-refractivity contribution in [3.05, 3.63) is 39.9 Å². The first-order valence-electron chi connectivity index (χ1n) is 5.73. The SMILES string of the molecule is CNc1nc(-c2cc(C#N)ccc2OC)c(Cl)cc1Cl. The van der Waals surface area contributed by atoms with E-state index in [2.05, 4.69) is 16.4 Å². The van der Waals surface area contributed by atoms with E-state index in [0.29, 0.717) is 38.4 Å². The lowest BCUT2D eigenvalue weighted by Crippen LogP contribution is -1.98. The molecule has 0 aliphatic heterocycles. The van der Waals surface area contributed by atoms with E-state index in [-0.39, 0.29) is 0 Å². The van der Waals surface area contributed by atoms with Crippen molar-refractivity contribution in [2.75, 3.05) is 19.5 Å². The second-order valence-electron chi connectivity index (χ2n) is 3.93. The molecule has 0 radical (unpaired) electrons. The van der Waals surface area contributed by atoms with Gasteiger partial charge >= 0.3 is 0 Å². The molecule has 4 nitrogen and oxygen atoms in total. The molecule has 0 aliphatic rings. The third kappa shape index (κ3) is 2.64. The molecule has 0 unspecified atom stereocenters. The van der Waals surface area contributed by atoms with Gasteiger partial charge in [-0.25, -0.2) is 4.98 Å². The molecule has 0 saturated carbocycles. The van der Waals surface area contributed by atoms with Crippen LogP contribution in [0.1, 0.15) is 5.56 Å². The van der Waals surface area contributed by atoms with Gasteiger partial charge in [0.1, 0.15) is 11.6 Å². The summed E-state index contributed by atoms with van der Waals surface area (Å²) in [6.07, 6.45) is 0. The third-order valence-corrected chi connectivity index (χ3v) is 3.33. The van der Waals surface area contributed by atoms with Crippen LogP contribution < -0.4 is 10.1 Å². The molecular weight excluding hydrogens is 297 g/mol. The van der Waals surface area contributed by atoms with E-state index in [0.717, 1.165) is 0 Å². The number of methoxy groups -OCH3 is 1. The number of nitrogens with zero attached hydrogens (tertiary/aromatic N) is 2. The normalized spacial score (nSPS) is 9.95. The maximum atomic E-state index is 9.01. The fraction of sp³-hybridized carbons (Fsp3) is 0.143. The second kappa shape index (κ2) is 6.00. The minimum absolute atomic E-state index is 0.391. The van der Waals surface area contributed by atoms with Crippen LogP contribution in [0, 0.1) is 11.3 Å². The Morgan fingerprint density at radius 3 is 2.60 bits per heavy atom. The number of benzene rings is 1. The quantitative estimate of drug-likeness (QED) is 0.932. The van der Waals surface area contributed by atoms with Gasteiger partial charge in [0.2, 0.25) is 0 Å². The van der Waals surface area contributed by atoms with Gasteiger partial charge in [0.25, 0.3) is 0 Å². The van der Waals surface area contributed by atoms with Crippen LogP contribution >= 0.6 is 23.2 Å². The fourth-order valence-electron chi connectivity index (χ4n) is 1.79.